The number of nitrogens with zero attached hydrogens (tertiary/aromatic N) is 2. The Morgan fingerprint density at radius 1 is 1.44 bits per heavy atom. The van der Waals surface area contributed by atoms with Gasteiger partial charge in [-0.05, 0) is 6.42 Å². The van der Waals surface area contributed by atoms with E-state index in [2.05, 4.69) is 0 Å². The summed E-state index contributed by atoms with van der Waals surface area (Å²) in [5.41, 5.74) is 0. The molecule has 18 heavy (non-hydrogen) atoms. The zero-order valence-corrected chi connectivity index (χ0v) is 10.4. The molecule has 0 bridgehead atoms. The second-order valence-electron chi connectivity index (χ2n) is 4.09. The minimum absolute atomic E-state index is 0.00170. The number of piperazine rings is 1. The minimum Gasteiger partial charge on any atom is -0.465 e. The zero-order valence-electron chi connectivity index (χ0n) is 10.4. The third kappa shape index (κ3) is 3.61. The lowest BCUT2D eigenvalue weighted by Crippen LogP contribution is -2.57. The van der Waals surface area contributed by atoms with Gasteiger partial charge in [-0.2, -0.15) is 0 Å². The average Bonchev–Trinajstić information content (AvgIpc) is 2.38. The zero-order chi connectivity index (χ0) is 13.5. The first-order chi connectivity index (χ1) is 8.60. The predicted molar refractivity (Wildman–Crippen MR) is 62.4 cm³/mol. The lowest BCUT2D eigenvalue weighted by atomic mass is 10.2. The fourth-order valence-corrected chi connectivity index (χ4v) is 1.71. The number of rotatable bonds is 4. The average molecular weight is 258 g/mol. The summed E-state index contributed by atoms with van der Waals surface area (Å²) in [5.74, 6) is 0. The van der Waals surface area contributed by atoms with Crippen molar-refractivity contribution in [3.8, 4) is 0 Å². The fraction of sp³-hybridized carbons (Fsp3) is 0.727. The molecule has 7 nitrogen and oxygen atoms in total. The van der Waals surface area contributed by atoms with E-state index in [1.807, 2.05) is 6.92 Å². The van der Waals surface area contributed by atoms with E-state index >= 15 is 0 Å². The molecule has 7 heteroatoms. The van der Waals surface area contributed by atoms with Crippen LogP contribution in [0.15, 0.2) is 0 Å². The first-order valence-electron chi connectivity index (χ1n) is 5.96. The molecule has 0 aliphatic carbocycles. The van der Waals surface area contributed by atoms with Crippen LogP contribution in [0.1, 0.15) is 19.8 Å². The van der Waals surface area contributed by atoms with E-state index in [1.54, 1.807) is 0 Å². The van der Waals surface area contributed by atoms with Gasteiger partial charge in [0.1, 0.15) is 12.3 Å². The Balaban J connectivity index is 2.52. The molecule has 2 amide bonds. The van der Waals surface area contributed by atoms with Crippen LogP contribution in [0.4, 0.5) is 9.59 Å². The van der Waals surface area contributed by atoms with Gasteiger partial charge in [0, 0.05) is 13.1 Å². The van der Waals surface area contributed by atoms with Gasteiger partial charge in [0.15, 0.2) is 0 Å². The molecule has 102 valence electrons. The first kappa shape index (κ1) is 14.3. The Kier molecular flexibility index (Phi) is 5.41. The van der Waals surface area contributed by atoms with Gasteiger partial charge in [-0.1, -0.05) is 13.3 Å². The van der Waals surface area contributed by atoms with Crippen molar-refractivity contribution in [3.05, 3.63) is 0 Å². The normalized spacial score (nSPS) is 19.5. The SMILES string of the molecule is CCCCOC(=O)N1CCN(C(=O)O)CC1C=O. The summed E-state index contributed by atoms with van der Waals surface area (Å²) >= 11 is 0. The lowest BCUT2D eigenvalue weighted by molar-refractivity contribution is -0.113. The van der Waals surface area contributed by atoms with Crippen molar-refractivity contribution in [2.75, 3.05) is 26.2 Å². The number of carboxylic acid groups (broad SMARTS) is 1. The molecule has 1 fully saturated rings. The van der Waals surface area contributed by atoms with Crippen molar-refractivity contribution >= 4 is 18.5 Å². The van der Waals surface area contributed by atoms with E-state index < -0.39 is 18.2 Å². The molecule has 1 atom stereocenters. The van der Waals surface area contributed by atoms with Crippen LogP contribution in [0.25, 0.3) is 0 Å². The van der Waals surface area contributed by atoms with Crippen molar-refractivity contribution in [3.63, 3.8) is 0 Å². The van der Waals surface area contributed by atoms with Crippen LogP contribution in [0.3, 0.4) is 0 Å². The number of hydrogen-bond donors (Lipinski definition) is 1. The highest BCUT2D eigenvalue weighted by Gasteiger charge is 2.32. The summed E-state index contributed by atoms with van der Waals surface area (Å²) < 4.78 is 5.01. The number of hydrogen-bond acceptors (Lipinski definition) is 4. The van der Waals surface area contributed by atoms with Gasteiger partial charge in [-0.15, -0.1) is 0 Å². The molecule has 0 aromatic rings. The van der Waals surface area contributed by atoms with Crippen LogP contribution >= 0.6 is 0 Å². The van der Waals surface area contributed by atoms with Gasteiger partial charge in [0.25, 0.3) is 0 Å². The molecule has 1 heterocycles. The molecule has 0 saturated carbocycles. The second kappa shape index (κ2) is 6.83. The Labute approximate surface area is 105 Å². The van der Waals surface area contributed by atoms with Gasteiger partial charge < -0.3 is 19.5 Å². The third-order valence-electron chi connectivity index (χ3n) is 2.80. The second-order valence-corrected chi connectivity index (χ2v) is 4.09. The molecule has 1 unspecified atom stereocenters. The highest BCUT2D eigenvalue weighted by Crippen LogP contribution is 2.10. The number of unbranched alkanes of at least 4 members (excludes halogenated alkanes) is 1. The molecule has 0 aromatic carbocycles. The minimum atomic E-state index is -1.08. The summed E-state index contributed by atoms with van der Waals surface area (Å²) in [7, 11) is 0. The maximum Gasteiger partial charge on any atom is 0.410 e. The Hall–Kier alpha value is -1.79. The summed E-state index contributed by atoms with van der Waals surface area (Å²) in [5, 5.41) is 8.83. The van der Waals surface area contributed by atoms with Crippen LogP contribution < -0.4 is 0 Å². The van der Waals surface area contributed by atoms with E-state index in [0.29, 0.717) is 12.9 Å². The molecular formula is C11H18N2O5. The fourth-order valence-electron chi connectivity index (χ4n) is 1.71. The van der Waals surface area contributed by atoms with Crippen molar-refractivity contribution < 1.29 is 24.2 Å². The first-order valence-corrected chi connectivity index (χ1v) is 5.96. The summed E-state index contributed by atoms with van der Waals surface area (Å²) in [6.07, 6.45) is 0.631. The Morgan fingerprint density at radius 2 is 2.17 bits per heavy atom. The predicted octanol–water partition coefficient (Wildman–Crippen LogP) is 0.786. The lowest BCUT2D eigenvalue weighted by Gasteiger charge is -2.36. The monoisotopic (exact) mass is 258 g/mol. The maximum absolute atomic E-state index is 11.7. The molecule has 1 aliphatic rings. The highest BCUT2D eigenvalue weighted by molar-refractivity contribution is 5.75. The molecule has 1 aliphatic heterocycles. The van der Waals surface area contributed by atoms with Gasteiger partial charge in [-0.3, -0.25) is 4.90 Å². The molecule has 0 radical (unpaired) electrons. The van der Waals surface area contributed by atoms with Crippen LogP contribution in [0.2, 0.25) is 0 Å². The van der Waals surface area contributed by atoms with Crippen LogP contribution in [-0.4, -0.2) is 65.7 Å². The van der Waals surface area contributed by atoms with E-state index in [-0.39, 0.29) is 19.6 Å². The van der Waals surface area contributed by atoms with E-state index in [0.717, 1.165) is 17.7 Å². The van der Waals surface area contributed by atoms with E-state index in [1.165, 1.54) is 4.90 Å². The molecule has 1 saturated heterocycles. The highest BCUT2D eigenvalue weighted by atomic mass is 16.6. The Bertz CT molecular complexity index is 321. The summed E-state index contributed by atoms with van der Waals surface area (Å²) in [6.45, 7) is 2.68. The van der Waals surface area contributed by atoms with Crippen molar-refractivity contribution in [1.29, 1.82) is 0 Å². The van der Waals surface area contributed by atoms with Crippen LogP contribution in [0.5, 0.6) is 0 Å². The van der Waals surface area contributed by atoms with Crippen LogP contribution in [-0.2, 0) is 9.53 Å². The number of amides is 2. The molecule has 0 aromatic heterocycles. The van der Waals surface area contributed by atoms with Crippen molar-refractivity contribution in [2.24, 2.45) is 0 Å². The number of ether oxygens (including phenoxy) is 1. The maximum atomic E-state index is 11.7. The molecule has 1 N–H and O–H groups in total. The number of carbonyl (C=O) groups excluding carboxylic acids is 2. The van der Waals surface area contributed by atoms with E-state index in [9.17, 15) is 14.4 Å². The molecular weight excluding hydrogens is 240 g/mol. The largest absolute Gasteiger partial charge is 0.465 e. The quantitative estimate of drug-likeness (QED) is 0.595. The number of aldehydes is 1. The van der Waals surface area contributed by atoms with E-state index in [4.69, 9.17) is 9.84 Å². The Morgan fingerprint density at radius 3 is 2.72 bits per heavy atom. The summed E-state index contributed by atoms with van der Waals surface area (Å²) in [4.78, 5) is 35.8. The van der Waals surface area contributed by atoms with Crippen molar-refractivity contribution in [1.82, 2.24) is 9.80 Å². The molecule has 0 spiro atoms. The number of carbonyl (C=O) groups is 3. The molecule has 1 rings (SSSR count). The van der Waals surface area contributed by atoms with Gasteiger partial charge in [0.05, 0.1) is 13.2 Å². The van der Waals surface area contributed by atoms with Gasteiger partial charge >= 0.3 is 12.2 Å². The van der Waals surface area contributed by atoms with Gasteiger partial charge in [0.2, 0.25) is 0 Å². The third-order valence-corrected chi connectivity index (χ3v) is 2.80. The van der Waals surface area contributed by atoms with Crippen LogP contribution in [0, 0.1) is 0 Å². The van der Waals surface area contributed by atoms with Gasteiger partial charge in [-0.25, -0.2) is 9.59 Å². The standard InChI is InChI=1S/C11H18N2O5/c1-2-3-6-18-11(17)13-5-4-12(10(15)16)7-9(13)8-14/h8-9H,2-7H2,1H3,(H,15,16). The smallest absolute Gasteiger partial charge is 0.410 e. The summed E-state index contributed by atoms with van der Waals surface area (Å²) in [6, 6.07) is -0.760. The topological polar surface area (TPSA) is 87.2 Å². The van der Waals surface area contributed by atoms with Crippen molar-refractivity contribution in [2.45, 2.75) is 25.8 Å².